The summed E-state index contributed by atoms with van der Waals surface area (Å²) in [5.74, 6) is -0.403. The van der Waals surface area contributed by atoms with Crippen LogP contribution in [0.4, 0.5) is 0 Å². The maximum absolute atomic E-state index is 11.8. The predicted octanol–water partition coefficient (Wildman–Crippen LogP) is 2.30. The molecule has 1 aromatic carbocycles. The fourth-order valence-corrected chi connectivity index (χ4v) is 2.95. The zero-order valence-corrected chi connectivity index (χ0v) is 12.9. The van der Waals surface area contributed by atoms with Crippen molar-refractivity contribution in [1.29, 1.82) is 0 Å². The van der Waals surface area contributed by atoms with E-state index in [1.165, 1.54) is 7.11 Å². The lowest BCUT2D eigenvalue weighted by atomic mass is 10.2. The number of ether oxygens (including phenoxy) is 1. The highest BCUT2D eigenvalue weighted by Crippen LogP contribution is 2.22. The van der Waals surface area contributed by atoms with Crippen LogP contribution in [-0.2, 0) is 20.7 Å². The van der Waals surface area contributed by atoms with Crippen LogP contribution >= 0.6 is 11.3 Å². The molecule has 1 aromatic heterocycles. The van der Waals surface area contributed by atoms with Crippen LogP contribution in [0.3, 0.4) is 0 Å². The van der Waals surface area contributed by atoms with E-state index in [4.69, 9.17) is 0 Å². The second-order valence-electron chi connectivity index (χ2n) is 4.82. The highest BCUT2D eigenvalue weighted by molar-refractivity contribution is 7.18. The molecule has 1 atom stereocenters. The minimum Gasteiger partial charge on any atom is -0.469 e. The number of aryl methyl sites for hydroxylation is 1. The molecule has 21 heavy (non-hydrogen) atoms. The molecule has 0 saturated heterocycles. The zero-order chi connectivity index (χ0) is 15.2. The maximum atomic E-state index is 11.8. The van der Waals surface area contributed by atoms with Gasteiger partial charge in [-0.3, -0.25) is 9.59 Å². The van der Waals surface area contributed by atoms with Crippen LogP contribution in [0.15, 0.2) is 24.3 Å². The van der Waals surface area contributed by atoms with E-state index < -0.39 is 0 Å². The van der Waals surface area contributed by atoms with Gasteiger partial charge in [-0.25, -0.2) is 4.98 Å². The average molecular weight is 306 g/mol. The molecule has 5 nitrogen and oxygen atoms in total. The van der Waals surface area contributed by atoms with Crippen molar-refractivity contribution in [1.82, 2.24) is 10.3 Å². The summed E-state index contributed by atoms with van der Waals surface area (Å²) in [6.07, 6.45) is 1.16. The van der Waals surface area contributed by atoms with Gasteiger partial charge in [-0.2, -0.15) is 0 Å². The minimum atomic E-state index is -0.325. The fraction of sp³-hybridized carbons (Fsp3) is 0.400. The molecule has 0 aliphatic rings. The van der Waals surface area contributed by atoms with Gasteiger partial charge in [-0.05, 0) is 19.1 Å². The Balaban J connectivity index is 1.82. The summed E-state index contributed by atoms with van der Waals surface area (Å²) in [4.78, 5) is 27.4. The number of carbonyl (C=O) groups excluding carboxylic acids is 2. The monoisotopic (exact) mass is 306 g/mol. The largest absolute Gasteiger partial charge is 0.469 e. The number of hydrogen-bond acceptors (Lipinski definition) is 5. The fourth-order valence-electron chi connectivity index (χ4n) is 1.98. The Morgan fingerprint density at radius 3 is 2.86 bits per heavy atom. The van der Waals surface area contributed by atoms with E-state index in [9.17, 15) is 9.59 Å². The number of thiazole rings is 1. The first kappa shape index (κ1) is 15.4. The lowest BCUT2D eigenvalue weighted by molar-refractivity contribution is -0.141. The Morgan fingerprint density at radius 1 is 1.38 bits per heavy atom. The summed E-state index contributed by atoms with van der Waals surface area (Å²) in [6, 6.07) is 7.70. The SMILES string of the molecule is COC(=O)CC(C)NC(=O)CCc1nc2ccccc2s1. The van der Waals surface area contributed by atoms with Gasteiger partial charge in [-0.15, -0.1) is 11.3 Å². The van der Waals surface area contributed by atoms with Crippen molar-refractivity contribution in [3.05, 3.63) is 29.3 Å². The number of hydrogen-bond donors (Lipinski definition) is 1. The summed E-state index contributed by atoms with van der Waals surface area (Å²) >= 11 is 1.61. The number of para-hydroxylation sites is 1. The maximum Gasteiger partial charge on any atom is 0.307 e. The van der Waals surface area contributed by atoms with Gasteiger partial charge in [0.1, 0.15) is 0 Å². The van der Waals surface area contributed by atoms with Crippen molar-refractivity contribution in [3.8, 4) is 0 Å². The van der Waals surface area contributed by atoms with E-state index in [1.54, 1.807) is 18.3 Å². The summed E-state index contributed by atoms with van der Waals surface area (Å²) in [5, 5.41) is 3.74. The standard InChI is InChI=1S/C15H18N2O3S/c1-10(9-15(19)20-2)16-13(18)7-8-14-17-11-5-3-4-6-12(11)21-14/h3-6,10H,7-9H2,1-2H3,(H,16,18). The Labute approximate surface area is 127 Å². The second-order valence-corrected chi connectivity index (χ2v) is 5.94. The number of aromatic nitrogens is 1. The summed E-state index contributed by atoms with van der Waals surface area (Å²) in [7, 11) is 1.34. The van der Waals surface area contributed by atoms with Crippen LogP contribution in [-0.4, -0.2) is 30.0 Å². The Bertz CT molecular complexity index is 606. The lowest BCUT2D eigenvalue weighted by Gasteiger charge is -2.11. The number of rotatable bonds is 6. The van der Waals surface area contributed by atoms with Crippen LogP contribution in [0, 0.1) is 0 Å². The minimum absolute atomic E-state index is 0.0781. The topological polar surface area (TPSA) is 68.3 Å². The molecule has 1 heterocycles. The molecule has 0 fully saturated rings. The Hall–Kier alpha value is -1.95. The first-order chi connectivity index (χ1) is 10.1. The second kappa shape index (κ2) is 7.17. The van der Waals surface area contributed by atoms with Crippen LogP contribution in [0.25, 0.3) is 10.2 Å². The predicted molar refractivity (Wildman–Crippen MR) is 82.2 cm³/mol. The van der Waals surface area contributed by atoms with E-state index in [0.29, 0.717) is 12.8 Å². The smallest absolute Gasteiger partial charge is 0.307 e. The Kier molecular flexibility index (Phi) is 5.27. The zero-order valence-electron chi connectivity index (χ0n) is 12.1. The molecule has 1 unspecified atom stereocenters. The average Bonchev–Trinajstić information content (AvgIpc) is 2.87. The molecular weight excluding hydrogens is 288 g/mol. The van der Waals surface area contributed by atoms with E-state index in [1.807, 2.05) is 24.3 Å². The van der Waals surface area contributed by atoms with Crippen molar-refractivity contribution in [3.63, 3.8) is 0 Å². The molecule has 0 spiro atoms. The lowest BCUT2D eigenvalue weighted by Crippen LogP contribution is -2.34. The number of amides is 1. The molecule has 1 amide bonds. The first-order valence-electron chi connectivity index (χ1n) is 6.79. The molecule has 0 aliphatic carbocycles. The summed E-state index contributed by atoms with van der Waals surface area (Å²) < 4.78 is 5.70. The highest BCUT2D eigenvalue weighted by Gasteiger charge is 2.13. The third-order valence-corrected chi connectivity index (χ3v) is 4.11. The van der Waals surface area contributed by atoms with Gasteiger partial charge in [0.15, 0.2) is 0 Å². The van der Waals surface area contributed by atoms with Gasteiger partial charge >= 0.3 is 5.97 Å². The van der Waals surface area contributed by atoms with E-state index in [0.717, 1.165) is 15.2 Å². The van der Waals surface area contributed by atoms with Crippen molar-refractivity contribution < 1.29 is 14.3 Å². The number of nitrogens with zero attached hydrogens (tertiary/aromatic N) is 1. The highest BCUT2D eigenvalue weighted by atomic mass is 32.1. The quantitative estimate of drug-likeness (QED) is 0.832. The van der Waals surface area contributed by atoms with Gasteiger partial charge in [-0.1, -0.05) is 12.1 Å². The number of esters is 1. The Morgan fingerprint density at radius 2 is 2.14 bits per heavy atom. The molecule has 2 rings (SSSR count). The molecule has 0 saturated carbocycles. The molecule has 2 aromatic rings. The number of nitrogens with one attached hydrogen (secondary N) is 1. The summed E-state index contributed by atoms with van der Waals surface area (Å²) in [6.45, 7) is 1.78. The number of benzene rings is 1. The van der Waals surface area contributed by atoms with Crippen molar-refractivity contribution >= 4 is 33.4 Å². The number of fused-ring (bicyclic) bond motifs is 1. The van der Waals surface area contributed by atoms with Crippen LogP contribution in [0.5, 0.6) is 0 Å². The van der Waals surface area contributed by atoms with Crippen LogP contribution in [0.2, 0.25) is 0 Å². The molecule has 1 N–H and O–H groups in total. The first-order valence-corrected chi connectivity index (χ1v) is 7.60. The molecule has 0 aliphatic heterocycles. The van der Waals surface area contributed by atoms with E-state index in [2.05, 4.69) is 15.0 Å². The van der Waals surface area contributed by atoms with Crippen LogP contribution in [0.1, 0.15) is 24.8 Å². The van der Waals surface area contributed by atoms with E-state index >= 15 is 0 Å². The van der Waals surface area contributed by atoms with Gasteiger partial charge in [0.2, 0.25) is 5.91 Å². The molecular formula is C15H18N2O3S. The summed E-state index contributed by atoms with van der Waals surface area (Å²) in [5.41, 5.74) is 0.969. The third kappa shape index (κ3) is 4.53. The van der Waals surface area contributed by atoms with E-state index in [-0.39, 0.29) is 24.3 Å². The molecule has 6 heteroatoms. The normalized spacial score (nSPS) is 12.1. The van der Waals surface area contributed by atoms with Gasteiger partial charge in [0, 0.05) is 18.9 Å². The van der Waals surface area contributed by atoms with Crippen molar-refractivity contribution in [2.75, 3.05) is 7.11 Å². The number of methoxy groups -OCH3 is 1. The number of carbonyl (C=O) groups is 2. The van der Waals surface area contributed by atoms with Crippen molar-refractivity contribution in [2.24, 2.45) is 0 Å². The third-order valence-electron chi connectivity index (χ3n) is 3.01. The van der Waals surface area contributed by atoms with Gasteiger partial charge in [0.25, 0.3) is 0 Å². The molecule has 112 valence electrons. The van der Waals surface area contributed by atoms with Crippen LogP contribution < -0.4 is 5.32 Å². The van der Waals surface area contributed by atoms with Gasteiger partial charge < -0.3 is 10.1 Å². The van der Waals surface area contributed by atoms with Crippen molar-refractivity contribution in [2.45, 2.75) is 32.2 Å². The molecule has 0 radical (unpaired) electrons. The molecule has 0 bridgehead atoms. The van der Waals surface area contributed by atoms with Gasteiger partial charge in [0.05, 0.1) is 28.8 Å².